The molecule has 0 unspecified atom stereocenters. The third kappa shape index (κ3) is 3.52. The van der Waals surface area contributed by atoms with Crippen LogP contribution in [0.5, 0.6) is 0 Å². The van der Waals surface area contributed by atoms with Crippen molar-refractivity contribution in [2.24, 2.45) is 0 Å². The first-order valence-corrected chi connectivity index (χ1v) is 8.85. The van der Waals surface area contributed by atoms with Gasteiger partial charge in [-0.3, -0.25) is 4.98 Å². The Labute approximate surface area is 148 Å². The van der Waals surface area contributed by atoms with Crippen molar-refractivity contribution in [2.75, 3.05) is 0 Å². The van der Waals surface area contributed by atoms with E-state index in [0.29, 0.717) is 15.8 Å². The molecule has 0 atom stereocenters. The van der Waals surface area contributed by atoms with Crippen LogP contribution in [0.4, 0.5) is 0 Å². The summed E-state index contributed by atoms with van der Waals surface area (Å²) >= 11 is 14.0. The van der Waals surface area contributed by atoms with Crippen LogP contribution >= 0.6 is 35.0 Å². The molecule has 3 aromatic rings. The van der Waals surface area contributed by atoms with Gasteiger partial charge in [0.15, 0.2) is 11.0 Å². The SMILES string of the molecule is CCn1c(SCc2c(Cl)cccc2Cl)nnc1-c1ccccn1. The summed E-state index contributed by atoms with van der Waals surface area (Å²) in [6.07, 6.45) is 1.75. The molecule has 0 saturated heterocycles. The number of benzene rings is 1. The van der Waals surface area contributed by atoms with Gasteiger partial charge < -0.3 is 4.57 Å². The van der Waals surface area contributed by atoms with E-state index in [9.17, 15) is 0 Å². The first-order chi connectivity index (χ1) is 11.2. The van der Waals surface area contributed by atoms with E-state index in [2.05, 4.69) is 22.1 Å². The fourth-order valence-electron chi connectivity index (χ4n) is 2.17. The lowest BCUT2D eigenvalue weighted by atomic mass is 10.2. The Morgan fingerprint density at radius 1 is 1.04 bits per heavy atom. The summed E-state index contributed by atoms with van der Waals surface area (Å²) in [5, 5.41) is 10.7. The van der Waals surface area contributed by atoms with Gasteiger partial charge in [0, 0.05) is 28.5 Å². The third-order valence-corrected chi connectivity index (χ3v) is 5.04. The highest BCUT2D eigenvalue weighted by atomic mass is 35.5. The van der Waals surface area contributed by atoms with Gasteiger partial charge in [-0.25, -0.2) is 0 Å². The van der Waals surface area contributed by atoms with E-state index in [1.807, 2.05) is 41.0 Å². The highest BCUT2D eigenvalue weighted by Crippen LogP contribution is 2.32. The first kappa shape index (κ1) is 16.3. The number of pyridine rings is 1. The summed E-state index contributed by atoms with van der Waals surface area (Å²) in [5.41, 5.74) is 1.72. The maximum Gasteiger partial charge on any atom is 0.191 e. The maximum absolute atomic E-state index is 6.22. The molecule has 3 rings (SSSR count). The average Bonchev–Trinajstić information content (AvgIpc) is 2.98. The minimum Gasteiger partial charge on any atom is -0.301 e. The Hall–Kier alpha value is -1.56. The van der Waals surface area contributed by atoms with E-state index in [1.165, 1.54) is 0 Å². The zero-order valence-corrected chi connectivity index (χ0v) is 14.7. The molecule has 23 heavy (non-hydrogen) atoms. The number of rotatable bonds is 5. The quantitative estimate of drug-likeness (QED) is 0.600. The lowest BCUT2D eigenvalue weighted by Gasteiger charge is -2.08. The van der Waals surface area contributed by atoms with E-state index < -0.39 is 0 Å². The van der Waals surface area contributed by atoms with E-state index in [0.717, 1.165) is 28.8 Å². The monoisotopic (exact) mass is 364 g/mol. The fraction of sp³-hybridized carbons (Fsp3) is 0.188. The number of hydrogen-bond donors (Lipinski definition) is 0. The minimum absolute atomic E-state index is 0.638. The van der Waals surface area contributed by atoms with Crippen LogP contribution < -0.4 is 0 Å². The van der Waals surface area contributed by atoms with E-state index >= 15 is 0 Å². The summed E-state index contributed by atoms with van der Waals surface area (Å²) < 4.78 is 2.04. The molecule has 0 aliphatic rings. The van der Waals surface area contributed by atoms with Gasteiger partial charge in [0.05, 0.1) is 0 Å². The molecule has 0 radical (unpaired) electrons. The predicted octanol–water partition coefficient (Wildman–Crippen LogP) is 4.96. The summed E-state index contributed by atoms with van der Waals surface area (Å²) in [7, 11) is 0. The summed E-state index contributed by atoms with van der Waals surface area (Å²) in [4.78, 5) is 4.34. The van der Waals surface area contributed by atoms with Crippen molar-refractivity contribution in [1.82, 2.24) is 19.7 Å². The minimum atomic E-state index is 0.638. The molecule has 1 aromatic carbocycles. The molecule has 2 aromatic heterocycles. The highest BCUT2D eigenvalue weighted by molar-refractivity contribution is 7.98. The zero-order valence-electron chi connectivity index (χ0n) is 12.4. The second-order valence-electron chi connectivity index (χ2n) is 4.75. The van der Waals surface area contributed by atoms with Gasteiger partial charge in [0.2, 0.25) is 0 Å². The molecule has 0 saturated carbocycles. The van der Waals surface area contributed by atoms with Crippen LogP contribution in [-0.4, -0.2) is 19.7 Å². The van der Waals surface area contributed by atoms with Crippen molar-refractivity contribution < 1.29 is 0 Å². The van der Waals surface area contributed by atoms with Gasteiger partial charge in [0.1, 0.15) is 5.69 Å². The number of nitrogens with zero attached hydrogens (tertiary/aromatic N) is 4. The first-order valence-electron chi connectivity index (χ1n) is 7.11. The van der Waals surface area contributed by atoms with Crippen molar-refractivity contribution >= 4 is 35.0 Å². The van der Waals surface area contributed by atoms with Crippen LogP contribution in [0.3, 0.4) is 0 Å². The smallest absolute Gasteiger partial charge is 0.191 e. The largest absolute Gasteiger partial charge is 0.301 e. The molecule has 0 amide bonds. The van der Waals surface area contributed by atoms with Crippen LogP contribution in [0.15, 0.2) is 47.8 Å². The Morgan fingerprint density at radius 2 is 1.83 bits per heavy atom. The van der Waals surface area contributed by atoms with Gasteiger partial charge in [-0.05, 0) is 36.8 Å². The number of halogens is 2. The van der Waals surface area contributed by atoms with Gasteiger partial charge in [-0.2, -0.15) is 0 Å². The molecule has 0 bridgehead atoms. The summed E-state index contributed by atoms with van der Waals surface area (Å²) in [5.74, 6) is 1.40. The zero-order chi connectivity index (χ0) is 16.2. The van der Waals surface area contributed by atoms with Crippen LogP contribution in [-0.2, 0) is 12.3 Å². The van der Waals surface area contributed by atoms with Crippen molar-refractivity contribution in [3.8, 4) is 11.5 Å². The molecule has 0 fully saturated rings. The van der Waals surface area contributed by atoms with Crippen LogP contribution in [0, 0.1) is 0 Å². The maximum atomic E-state index is 6.22. The molecular weight excluding hydrogens is 351 g/mol. The van der Waals surface area contributed by atoms with Crippen molar-refractivity contribution in [3.63, 3.8) is 0 Å². The molecule has 118 valence electrons. The normalized spacial score (nSPS) is 10.9. The van der Waals surface area contributed by atoms with Crippen LogP contribution in [0.25, 0.3) is 11.5 Å². The molecule has 0 spiro atoms. The molecule has 2 heterocycles. The van der Waals surface area contributed by atoms with Gasteiger partial charge >= 0.3 is 0 Å². The van der Waals surface area contributed by atoms with Gasteiger partial charge in [0.25, 0.3) is 0 Å². The van der Waals surface area contributed by atoms with Crippen LogP contribution in [0.1, 0.15) is 12.5 Å². The standard InChI is InChI=1S/C16H14Cl2N4S/c1-2-22-15(14-8-3-4-9-19-14)20-21-16(22)23-10-11-12(17)6-5-7-13(11)18/h3-9H,2,10H2,1H3. The Bertz CT molecular complexity index is 785. The van der Waals surface area contributed by atoms with E-state index in [4.69, 9.17) is 23.2 Å². The van der Waals surface area contributed by atoms with Gasteiger partial charge in [-0.15, -0.1) is 10.2 Å². The lowest BCUT2D eigenvalue weighted by Crippen LogP contribution is -2.01. The molecule has 0 N–H and O–H groups in total. The van der Waals surface area contributed by atoms with Crippen molar-refractivity contribution in [2.45, 2.75) is 24.4 Å². The van der Waals surface area contributed by atoms with Crippen molar-refractivity contribution in [1.29, 1.82) is 0 Å². The Kier molecular flexibility index (Phi) is 5.20. The van der Waals surface area contributed by atoms with E-state index in [-0.39, 0.29) is 0 Å². The molecular formula is C16H14Cl2N4S. The molecule has 4 nitrogen and oxygen atoms in total. The third-order valence-electron chi connectivity index (χ3n) is 3.33. The topological polar surface area (TPSA) is 43.6 Å². The average molecular weight is 365 g/mol. The lowest BCUT2D eigenvalue weighted by molar-refractivity contribution is 0.686. The molecule has 0 aliphatic heterocycles. The second-order valence-corrected chi connectivity index (χ2v) is 6.51. The van der Waals surface area contributed by atoms with E-state index in [1.54, 1.807) is 18.0 Å². The predicted molar refractivity (Wildman–Crippen MR) is 95.0 cm³/mol. The summed E-state index contributed by atoms with van der Waals surface area (Å²) in [6.45, 7) is 2.82. The van der Waals surface area contributed by atoms with Gasteiger partial charge in [-0.1, -0.05) is 47.1 Å². The Balaban J connectivity index is 1.86. The fourth-order valence-corrected chi connectivity index (χ4v) is 3.92. The molecule has 7 heteroatoms. The Morgan fingerprint density at radius 3 is 2.48 bits per heavy atom. The van der Waals surface area contributed by atoms with Crippen LogP contribution in [0.2, 0.25) is 10.0 Å². The van der Waals surface area contributed by atoms with Crippen molar-refractivity contribution in [3.05, 3.63) is 58.2 Å². The number of aromatic nitrogens is 4. The molecule has 0 aliphatic carbocycles. The highest BCUT2D eigenvalue weighted by Gasteiger charge is 2.15. The summed E-state index contributed by atoms with van der Waals surface area (Å²) in [6, 6.07) is 11.3. The number of hydrogen-bond acceptors (Lipinski definition) is 4. The second kappa shape index (κ2) is 7.34. The number of thioether (sulfide) groups is 1.